The van der Waals surface area contributed by atoms with Crippen LogP contribution in [0.15, 0.2) is 4.99 Å². The summed E-state index contributed by atoms with van der Waals surface area (Å²) in [5.41, 5.74) is 0. The fourth-order valence-corrected chi connectivity index (χ4v) is 2.31. The zero-order valence-corrected chi connectivity index (χ0v) is 8.42. The summed E-state index contributed by atoms with van der Waals surface area (Å²) < 4.78 is 0. The molecular weight excluding hydrogens is 162 g/mol. The van der Waals surface area contributed by atoms with E-state index in [0.29, 0.717) is 0 Å². The highest BCUT2D eigenvalue weighted by molar-refractivity contribution is 5.81. The van der Waals surface area contributed by atoms with Crippen LogP contribution in [-0.4, -0.2) is 37.5 Å². The normalized spacial score (nSPS) is 23.0. The largest absolute Gasteiger partial charge is 0.354 e. The van der Waals surface area contributed by atoms with Gasteiger partial charge in [-0.15, -0.1) is 0 Å². The fraction of sp³-hybridized carbons (Fsp3) is 0.900. The number of nitrogens with zero attached hydrogens (tertiary/aromatic N) is 2. The van der Waals surface area contributed by atoms with Gasteiger partial charge in [0.15, 0.2) is 5.96 Å². The molecule has 0 aromatic rings. The smallest absolute Gasteiger partial charge is 0.193 e. The molecule has 13 heavy (non-hydrogen) atoms. The van der Waals surface area contributed by atoms with Gasteiger partial charge in [0.05, 0.1) is 6.54 Å². The Labute approximate surface area is 80.2 Å². The van der Waals surface area contributed by atoms with E-state index in [1.165, 1.54) is 32.2 Å². The van der Waals surface area contributed by atoms with Crippen LogP contribution in [0.5, 0.6) is 0 Å². The highest BCUT2D eigenvalue weighted by atomic mass is 15.3. The molecule has 0 spiro atoms. The number of hydrogen-bond acceptors (Lipinski definition) is 3. The Balaban J connectivity index is 1.79. The molecule has 0 bridgehead atoms. The van der Waals surface area contributed by atoms with Crippen molar-refractivity contribution >= 4 is 5.96 Å². The number of aliphatic imine (C=N–C) groups is 1. The van der Waals surface area contributed by atoms with E-state index in [1.54, 1.807) is 0 Å². The van der Waals surface area contributed by atoms with Gasteiger partial charge in [-0.3, -0.25) is 4.99 Å². The summed E-state index contributed by atoms with van der Waals surface area (Å²) in [7, 11) is 2.15. The first-order valence-corrected chi connectivity index (χ1v) is 5.36. The van der Waals surface area contributed by atoms with Crippen molar-refractivity contribution in [2.45, 2.75) is 25.7 Å². The Morgan fingerprint density at radius 2 is 2.23 bits per heavy atom. The van der Waals surface area contributed by atoms with E-state index in [0.717, 1.165) is 25.0 Å². The van der Waals surface area contributed by atoms with Crippen molar-refractivity contribution in [3.8, 4) is 0 Å². The Bertz CT molecular complexity index is 194. The fourth-order valence-electron chi connectivity index (χ4n) is 2.31. The SMILES string of the molecule is CN(CC1CCCC1)C1=NCCN1. The van der Waals surface area contributed by atoms with Gasteiger partial charge in [0, 0.05) is 20.1 Å². The molecule has 2 aliphatic rings. The maximum Gasteiger partial charge on any atom is 0.193 e. The van der Waals surface area contributed by atoms with Crippen LogP contribution in [0.1, 0.15) is 25.7 Å². The standard InChI is InChI=1S/C10H19N3/c1-13(10-11-6-7-12-10)8-9-4-2-3-5-9/h9H,2-8H2,1H3,(H,11,12). The second-order valence-electron chi connectivity index (χ2n) is 4.16. The topological polar surface area (TPSA) is 27.6 Å². The molecule has 0 saturated heterocycles. The van der Waals surface area contributed by atoms with Gasteiger partial charge in [-0.2, -0.15) is 0 Å². The zero-order chi connectivity index (χ0) is 9.10. The van der Waals surface area contributed by atoms with Crippen LogP contribution in [0.2, 0.25) is 0 Å². The second kappa shape index (κ2) is 3.99. The number of hydrogen-bond donors (Lipinski definition) is 1. The molecule has 3 heteroatoms. The number of guanidine groups is 1. The molecule has 0 aromatic heterocycles. The second-order valence-corrected chi connectivity index (χ2v) is 4.16. The molecule has 1 aliphatic heterocycles. The van der Waals surface area contributed by atoms with E-state index in [9.17, 15) is 0 Å². The van der Waals surface area contributed by atoms with Crippen LogP contribution >= 0.6 is 0 Å². The molecule has 2 rings (SSSR count). The summed E-state index contributed by atoms with van der Waals surface area (Å²) in [4.78, 5) is 6.69. The van der Waals surface area contributed by atoms with Crippen LogP contribution in [0.3, 0.4) is 0 Å². The monoisotopic (exact) mass is 181 g/mol. The van der Waals surface area contributed by atoms with Crippen molar-refractivity contribution in [1.29, 1.82) is 0 Å². The minimum absolute atomic E-state index is 0.912. The van der Waals surface area contributed by atoms with Crippen molar-refractivity contribution in [2.24, 2.45) is 10.9 Å². The van der Waals surface area contributed by atoms with Gasteiger partial charge in [0.1, 0.15) is 0 Å². The van der Waals surface area contributed by atoms with Gasteiger partial charge >= 0.3 is 0 Å². The van der Waals surface area contributed by atoms with Crippen LogP contribution in [0.25, 0.3) is 0 Å². The molecule has 1 fully saturated rings. The van der Waals surface area contributed by atoms with Gasteiger partial charge in [-0.1, -0.05) is 12.8 Å². The summed E-state index contributed by atoms with van der Waals surface area (Å²) in [6.07, 6.45) is 5.69. The lowest BCUT2D eigenvalue weighted by atomic mass is 10.1. The van der Waals surface area contributed by atoms with Crippen LogP contribution in [0, 0.1) is 5.92 Å². The van der Waals surface area contributed by atoms with Crippen LogP contribution < -0.4 is 5.32 Å². The lowest BCUT2D eigenvalue weighted by Crippen LogP contribution is -2.38. The van der Waals surface area contributed by atoms with Gasteiger partial charge in [-0.25, -0.2) is 0 Å². The summed E-state index contributed by atoms with van der Waals surface area (Å²) in [5, 5.41) is 3.31. The van der Waals surface area contributed by atoms with Crippen molar-refractivity contribution in [1.82, 2.24) is 10.2 Å². The van der Waals surface area contributed by atoms with Gasteiger partial charge in [-0.05, 0) is 18.8 Å². The molecule has 1 aliphatic carbocycles. The number of rotatable bonds is 2. The van der Waals surface area contributed by atoms with E-state index in [1.807, 2.05) is 0 Å². The molecule has 1 N–H and O–H groups in total. The summed E-state index contributed by atoms with van der Waals surface area (Å²) in [6.45, 7) is 3.15. The number of nitrogens with one attached hydrogen (secondary N) is 1. The van der Waals surface area contributed by atoms with E-state index in [-0.39, 0.29) is 0 Å². The first-order valence-electron chi connectivity index (χ1n) is 5.36. The minimum Gasteiger partial charge on any atom is -0.354 e. The predicted molar refractivity (Wildman–Crippen MR) is 54.9 cm³/mol. The molecule has 0 radical (unpaired) electrons. The molecule has 74 valence electrons. The highest BCUT2D eigenvalue weighted by Gasteiger charge is 2.19. The first kappa shape index (κ1) is 8.85. The average Bonchev–Trinajstić information content (AvgIpc) is 2.74. The van der Waals surface area contributed by atoms with Crippen molar-refractivity contribution < 1.29 is 0 Å². The highest BCUT2D eigenvalue weighted by Crippen LogP contribution is 2.25. The van der Waals surface area contributed by atoms with Crippen LogP contribution in [0.4, 0.5) is 0 Å². The van der Waals surface area contributed by atoms with Crippen molar-refractivity contribution in [2.75, 3.05) is 26.7 Å². The molecular formula is C10H19N3. The quantitative estimate of drug-likeness (QED) is 0.690. The molecule has 0 amide bonds. The van der Waals surface area contributed by atoms with Crippen molar-refractivity contribution in [3.05, 3.63) is 0 Å². The van der Waals surface area contributed by atoms with E-state index >= 15 is 0 Å². The van der Waals surface area contributed by atoms with E-state index in [4.69, 9.17) is 0 Å². The van der Waals surface area contributed by atoms with Gasteiger partial charge in [0.25, 0.3) is 0 Å². The molecule has 0 aromatic carbocycles. The van der Waals surface area contributed by atoms with E-state index in [2.05, 4.69) is 22.3 Å². The third-order valence-electron chi connectivity index (χ3n) is 3.02. The third-order valence-corrected chi connectivity index (χ3v) is 3.02. The maximum absolute atomic E-state index is 4.41. The van der Waals surface area contributed by atoms with E-state index < -0.39 is 0 Å². The molecule has 0 unspecified atom stereocenters. The lowest BCUT2D eigenvalue weighted by Gasteiger charge is -2.22. The first-order chi connectivity index (χ1) is 6.36. The van der Waals surface area contributed by atoms with Crippen molar-refractivity contribution in [3.63, 3.8) is 0 Å². The van der Waals surface area contributed by atoms with Gasteiger partial charge in [0.2, 0.25) is 0 Å². The Morgan fingerprint density at radius 1 is 1.46 bits per heavy atom. The molecule has 0 atom stereocenters. The Kier molecular flexibility index (Phi) is 2.71. The third kappa shape index (κ3) is 2.14. The van der Waals surface area contributed by atoms with Gasteiger partial charge < -0.3 is 10.2 Å². The summed E-state index contributed by atoms with van der Waals surface area (Å²) in [6, 6.07) is 0. The zero-order valence-electron chi connectivity index (χ0n) is 8.42. The van der Waals surface area contributed by atoms with Crippen LogP contribution in [-0.2, 0) is 0 Å². The summed E-state index contributed by atoms with van der Waals surface area (Å²) >= 11 is 0. The molecule has 1 saturated carbocycles. The predicted octanol–water partition coefficient (Wildman–Crippen LogP) is 1.07. The molecule has 1 heterocycles. The molecule has 3 nitrogen and oxygen atoms in total. The average molecular weight is 181 g/mol. The summed E-state index contributed by atoms with van der Waals surface area (Å²) in [5.74, 6) is 2.02. The maximum atomic E-state index is 4.41. The minimum atomic E-state index is 0.912. The lowest BCUT2D eigenvalue weighted by molar-refractivity contribution is 0.382. The Hall–Kier alpha value is -0.730. The Morgan fingerprint density at radius 3 is 2.85 bits per heavy atom.